The molecule has 0 fully saturated rings. The van der Waals surface area contributed by atoms with Crippen LogP contribution in [0.1, 0.15) is 12.5 Å². The fraction of sp³-hybridized carbons (Fsp3) is 0.400. The summed E-state index contributed by atoms with van der Waals surface area (Å²) >= 11 is 0. The molecular weight excluding hydrogens is 224 g/mol. The molecule has 1 atom stereocenters. The third kappa shape index (κ3) is 3.10. The number of hydrogen-bond acceptors (Lipinski definition) is 2. The normalized spacial score (nSPS) is 13.6. The molecule has 1 aromatic rings. The van der Waals surface area contributed by atoms with E-state index in [2.05, 4.69) is 5.32 Å². The van der Waals surface area contributed by atoms with Gasteiger partial charge in [0, 0.05) is 18.3 Å². The van der Waals surface area contributed by atoms with Crippen molar-refractivity contribution in [3.63, 3.8) is 0 Å². The highest BCUT2D eigenvalue weighted by atomic mass is 19.4. The van der Waals surface area contributed by atoms with Crippen molar-refractivity contribution in [1.29, 1.82) is 0 Å². The lowest BCUT2D eigenvalue weighted by atomic mass is 10.1. The van der Waals surface area contributed by atoms with Crippen LogP contribution in [0.5, 0.6) is 0 Å². The lowest BCUT2D eigenvalue weighted by Crippen LogP contribution is -2.25. The molecule has 0 spiro atoms. The van der Waals surface area contributed by atoms with E-state index in [-0.39, 0.29) is 18.3 Å². The average Bonchev–Trinajstić information content (AvgIpc) is 2.19. The summed E-state index contributed by atoms with van der Waals surface area (Å²) in [5.74, 6) is -1.28. The second-order valence-corrected chi connectivity index (χ2v) is 3.47. The van der Waals surface area contributed by atoms with E-state index in [1.807, 2.05) is 0 Å². The van der Waals surface area contributed by atoms with Gasteiger partial charge in [0.05, 0.1) is 5.56 Å². The molecule has 0 saturated heterocycles. The molecular formula is C10H12F4N2. The maximum Gasteiger partial charge on any atom is 0.419 e. The third-order valence-corrected chi connectivity index (χ3v) is 2.04. The summed E-state index contributed by atoms with van der Waals surface area (Å²) < 4.78 is 50.0. The summed E-state index contributed by atoms with van der Waals surface area (Å²) in [7, 11) is 0. The van der Waals surface area contributed by atoms with Crippen LogP contribution in [0.3, 0.4) is 0 Å². The van der Waals surface area contributed by atoms with E-state index in [9.17, 15) is 17.6 Å². The summed E-state index contributed by atoms with van der Waals surface area (Å²) in [5, 5.41) is 2.74. The number of halogens is 4. The first-order valence-corrected chi connectivity index (χ1v) is 4.68. The van der Waals surface area contributed by atoms with Gasteiger partial charge < -0.3 is 11.1 Å². The lowest BCUT2D eigenvalue weighted by molar-refractivity contribution is -0.139. The molecule has 1 rings (SSSR count). The fourth-order valence-corrected chi connectivity index (χ4v) is 1.18. The number of nitrogens with one attached hydrogen (secondary N) is 1. The summed E-state index contributed by atoms with van der Waals surface area (Å²) in [4.78, 5) is 0. The Balaban J connectivity index is 2.99. The molecule has 90 valence electrons. The van der Waals surface area contributed by atoms with E-state index in [4.69, 9.17) is 5.73 Å². The molecule has 0 saturated carbocycles. The standard InChI is InChI=1S/C10H12F4N2/c1-6(5-15)16-7-2-3-9(11)8(4-7)10(12,13)14/h2-4,6,16H,5,15H2,1H3. The molecule has 0 radical (unpaired) electrons. The van der Waals surface area contributed by atoms with Gasteiger partial charge >= 0.3 is 6.18 Å². The van der Waals surface area contributed by atoms with E-state index >= 15 is 0 Å². The number of rotatable bonds is 3. The van der Waals surface area contributed by atoms with Crippen LogP contribution in [0.15, 0.2) is 18.2 Å². The Bertz CT molecular complexity index is 362. The number of nitrogens with two attached hydrogens (primary N) is 1. The van der Waals surface area contributed by atoms with Crippen molar-refractivity contribution in [2.45, 2.75) is 19.1 Å². The van der Waals surface area contributed by atoms with Crippen molar-refractivity contribution in [1.82, 2.24) is 0 Å². The number of benzene rings is 1. The Hall–Kier alpha value is -1.30. The minimum Gasteiger partial charge on any atom is -0.381 e. The first-order valence-electron chi connectivity index (χ1n) is 4.68. The van der Waals surface area contributed by atoms with Gasteiger partial charge in [-0.2, -0.15) is 13.2 Å². The van der Waals surface area contributed by atoms with Gasteiger partial charge in [-0.1, -0.05) is 0 Å². The number of alkyl halides is 3. The predicted molar refractivity (Wildman–Crippen MR) is 53.5 cm³/mol. The largest absolute Gasteiger partial charge is 0.419 e. The summed E-state index contributed by atoms with van der Waals surface area (Å²) in [6, 6.07) is 2.60. The third-order valence-electron chi connectivity index (χ3n) is 2.04. The molecule has 6 heteroatoms. The van der Waals surface area contributed by atoms with Gasteiger partial charge in [-0.05, 0) is 25.1 Å². The van der Waals surface area contributed by atoms with Crippen LogP contribution < -0.4 is 11.1 Å². The van der Waals surface area contributed by atoms with E-state index in [1.165, 1.54) is 6.07 Å². The molecule has 0 amide bonds. The smallest absolute Gasteiger partial charge is 0.381 e. The summed E-state index contributed by atoms with van der Waals surface area (Å²) in [6.07, 6.45) is -4.69. The SMILES string of the molecule is CC(CN)Nc1ccc(F)c(C(F)(F)F)c1. The molecule has 0 aromatic heterocycles. The zero-order valence-corrected chi connectivity index (χ0v) is 8.61. The van der Waals surface area contributed by atoms with Crippen LogP contribution in [0.4, 0.5) is 23.2 Å². The topological polar surface area (TPSA) is 38.0 Å². The number of anilines is 1. The van der Waals surface area contributed by atoms with Gasteiger partial charge in [-0.25, -0.2) is 4.39 Å². The Kier molecular flexibility index (Phi) is 3.74. The Morgan fingerprint density at radius 2 is 2.00 bits per heavy atom. The second-order valence-electron chi connectivity index (χ2n) is 3.47. The van der Waals surface area contributed by atoms with Crippen LogP contribution in [-0.4, -0.2) is 12.6 Å². The monoisotopic (exact) mass is 236 g/mol. The van der Waals surface area contributed by atoms with Crippen LogP contribution in [-0.2, 0) is 6.18 Å². The van der Waals surface area contributed by atoms with Crippen LogP contribution in [0.2, 0.25) is 0 Å². The molecule has 0 bridgehead atoms. The van der Waals surface area contributed by atoms with Crippen LogP contribution >= 0.6 is 0 Å². The maximum atomic E-state index is 12.9. The molecule has 0 aliphatic heterocycles. The van der Waals surface area contributed by atoms with Gasteiger partial charge in [0.25, 0.3) is 0 Å². The fourth-order valence-electron chi connectivity index (χ4n) is 1.18. The van der Waals surface area contributed by atoms with E-state index in [0.29, 0.717) is 0 Å². The maximum absolute atomic E-state index is 12.9. The second kappa shape index (κ2) is 4.69. The van der Waals surface area contributed by atoms with E-state index < -0.39 is 17.6 Å². The molecule has 0 heterocycles. The Labute approximate surface area is 90.4 Å². The highest BCUT2D eigenvalue weighted by Crippen LogP contribution is 2.33. The van der Waals surface area contributed by atoms with Crippen molar-refractivity contribution >= 4 is 5.69 Å². The molecule has 1 unspecified atom stereocenters. The molecule has 1 aromatic carbocycles. The Morgan fingerprint density at radius 1 is 1.38 bits per heavy atom. The lowest BCUT2D eigenvalue weighted by Gasteiger charge is -2.15. The molecule has 16 heavy (non-hydrogen) atoms. The van der Waals surface area contributed by atoms with Crippen molar-refractivity contribution in [3.05, 3.63) is 29.6 Å². The minimum absolute atomic E-state index is 0.174. The van der Waals surface area contributed by atoms with Crippen LogP contribution in [0.25, 0.3) is 0 Å². The first kappa shape index (κ1) is 12.8. The van der Waals surface area contributed by atoms with Crippen molar-refractivity contribution in [3.8, 4) is 0 Å². The van der Waals surface area contributed by atoms with Gasteiger partial charge in [0.1, 0.15) is 5.82 Å². The van der Waals surface area contributed by atoms with Gasteiger partial charge in [0.15, 0.2) is 0 Å². The van der Waals surface area contributed by atoms with Crippen molar-refractivity contribution < 1.29 is 17.6 Å². The Morgan fingerprint density at radius 3 is 2.50 bits per heavy atom. The predicted octanol–water partition coefficient (Wildman–Crippen LogP) is 2.60. The molecule has 0 aliphatic carbocycles. The van der Waals surface area contributed by atoms with E-state index in [1.54, 1.807) is 6.92 Å². The van der Waals surface area contributed by atoms with Crippen molar-refractivity contribution in [2.24, 2.45) is 5.73 Å². The minimum atomic E-state index is -4.69. The highest BCUT2D eigenvalue weighted by Gasteiger charge is 2.34. The average molecular weight is 236 g/mol. The summed E-state index contributed by atoms with van der Waals surface area (Å²) in [5.41, 5.74) is 4.24. The first-order chi connectivity index (χ1) is 7.34. The summed E-state index contributed by atoms with van der Waals surface area (Å²) in [6.45, 7) is 2.00. The molecule has 2 nitrogen and oxygen atoms in total. The van der Waals surface area contributed by atoms with Gasteiger partial charge in [-0.15, -0.1) is 0 Å². The van der Waals surface area contributed by atoms with Gasteiger partial charge in [0.2, 0.25) is 0 Å². The zero-order valence-electron chi connectivity index (χ0n) is 8.61. The molecule has 0 aliphatic rings. The number of hydrogen-bond donors (Lipinski definition) is 2. The van der Waals surface area contributed by atoms with Gasteiger partial charge in [-0.3, -0.25) is 0 Å². The van der Waals surface area contributed by atoms with Crippen molar-refractivity contribution in [2.75, 3.05) is 11.9 Å². The molecule has 3 N–H and O–H groups in total. The zero-order chi connectivity index (χ0) is 12.3. The highest BCUT2D eigenvalue weighted by molar-refractivity contribution is 5.47. The van der Waals surface area contributed by atoms with Crippen LogP contribution in [0, 0.1) is 5.82 Å². The van der Waals surface area contributed by atoms with E-state index in [0.717, 1.165) is 12.1 Å². The quantitative estimate of drug-likeness (QED) is 0.791.